The van der Waals surface area contributed by atoms with E-state index in [9.17, 15) is 9.18 Å². The maximum Gasteiger partial charge on any atom is 0.303 e. The Labute approximate surface area is 169 Å². The number of rotatable bonds is 6. The van der Waals surface area contributed by atoms with Crippen LogP contribution in [0.15, 0.2) is 59.9 Å². The first-order valence-corrected chi connectivity index (χ1v) is 9.37. The molecule has 1 N–H and O–H groups in total. The Hall–Kier alpha value is -3.28. The second kappa shape index (κ2) is 8.82. The number of allylic oxidation sites excluding steroid dienone is 5. The number of aryl methyl sites for hydroxylation is 3. The second-order valence-electron chi connectivity index (χ2n) is 7.16. The number of benzene rings is 1. The van der Waals surface area contributed by atoms with Crippen molar-refractivity contribution < 1.29 is 19.0 Å². The highest BCUT2D eigenvalue weighted by molar-refractivity contribution is 5.68. The summed E-state index contributed by atoms with van der Waals surface area (Å²) >= 11 is 0. The van der Waals surface area contributed by atoms with Gasteiger partial charge in [-0.2, -0.15) is 0 Å². The molecule has 0 spiro atoms. The normalized spacial score (nSPS) is 15.1. The van der Waals surface area contributed by atoms with Crippen LogP contribution in [0.3, 0.4) is 0 Å². The lowest BCUT2D eigenvalue weighted by Crippen LogP contribution is -2.00. The van der Waals surface area contributed by atoms with Crippen molar-refractivity contribution in [2.24, 2.45) is 0 Å². The van der Waals surface area contributed by atoms with Crippen molar-refractivity contribution in [1.29, 1.82) is 0 Å². The van der Waals surface area contributed by atoms with Crippen LogP contribution in [0.25, 0.3) is 11.3 Å². The fourth-order valence-corrected chi connectivity index (χ4v) is 3.44. The van der Waals surface area contributed by atoms with Crippen molar-refractivity contribution in [3.8, 4) is 17.1 Å². The fourth-order valence-electron chi connectivity index (χ4n) is 3.44. The third-order valence-electron chi connectivity index (χ3n) is 4.69. The lowest BCUT2D eigenvalue weighted by molar-refractivity contribution is -0.136. The number of hydrogen-bond acceptors (Lipinski definition) is 4. The monoisotopic (exact) mass is 394 g/mol. The van der Waals surface area contributed by atoms with Crippen molar-refractivity contribution in [1.82, 2.24) is 9.97 Å². The molecule has 0 saturated carbocycles. The summed E-state index contributed by atoms with van der Waals surface area (Å²) in [5.74, 6) is -0.959. The van der Waals surface area contributed by atoms with E-state index in [1.807, 2.05) is 13.8 Å². The van der Waals surface area contributed by atoms with Crippen LogP contribution in [-0.4, -0.2) is 21.0 Å². The van der Waals surface area contributed by atoms with E-state index < -0.39 is 5.97 Å². The summed E-state index contributed by atoms with van der Waals surface area (Å²) in [6.45, 7) is 6.13. The first-order chi connectivity index (χ1) is 13.8. The van der Waals surface area contributed by atoms with Gasteiger partial charge in [-0.3, -0.25) is 9.78 Å². The van der Waals surface area contributed by atoms with Crippen LogP contribution in [0.1, 0.15) is 36.0 Å². The molecule has 6 heteroatoms. The quantitative estimate of drug-likeness (QED) is 0.666. The number of ether oxygens (including phenoxy) is 1. The molecule has 3 rings (SSSR count). The SMILES string of the molecule is Cc1cc(C)c(-c2cncc(OC=C3C=CC(CCC(=O)O)=C(F)C3)n2)c(C)c1. The smallest absolute Gasteiger partial charge is 0.303 e. The average Bonchev–Trinajstić information content (AvgIpc) is 2.65. The highest BCUT2D eigenvalue weighted by Crippen LogP contribution is 2.29. The number of nitrogens with zero attached hydrogens (tertiary/aromatic N) is 2. The van der Waals surface area contributed by atoms with Gasteiger partial charge in [-0.05, 0) is 49.5 Å². The van der Waals surface area contributed by atoms with Crippen molar-refractivity contribution >= 4 is 5.97 Å². The molecule has 29 heavy (non-hydrogen) atoms. The molecule has 0 radical (unpaired) electrons. The third kappa shape index (κ3) is 5.16. The summed E-state index contributed by atoms with van der Waals surface area (Å²) in [6.07, 6.45) is 8.13. The van der Waals surface area contributed by atoms with E-state index in [4.69, 9.17) is 9.84 Å². The Morgan fingerprint density at radius 3 is 2.59 bits per heavy atom. The van der Waals surface area contributed by atoms with Crippen molar-refractivity contribution in [3.63, 3.8) is 0 Å². The van der Waals surface area contributed by atoms with Gasteiger partial charge in [0.1, 0.15) is 5.83 Å². The molecule has 2 aromatic rings. The van der Waals surface area contributed by atoms with Crippen LogP contribution in [-0.2, 0) is 4.79 Å². The lowest BCUT2D eigenvalue weighted by atomic mass is 9.98. The molecule has 1 aliphatic carbocycles. The Morgan fingerprint density at radius 2 is 1.93 bits per heavy atom. The second-order valence-corrected chi connectivity index (χ2v) is 7.16. The standard InChI is InChI=1S/C23H23FN2O3/c1-14-8-15(2)23(16(3)9-14)20-11-25-12-21(26-20)29-13-17-4-5-18(19(24)10-17)6-7-22(27)28/h4-5,8-9,11-13H,6-7,10H2,1-3H3,(H,27,28). The average molecular weight is 394 g/mol. The molecule has 0 aliphatic heterocycles. The summed E-state index contributed by atoms with van der Waals surface area (Å²) < 4.78 is 19.8. The van der Waals surface area contributed by atoms with E-state index in [0.717, 1.165) is 22.4 Å². The molecule has 0 saturated heterocycles. The summed E-state index contributed by atoms with van der Waals surface area (Å²) in [5, 5.41) is 8.73. The van der Waals surface area contributed by atoms with Gasteiger partial charge in [0, 0.05) is 18.4 Å². The van der Waals surface area contributed by atoms with E-state index in [0.29, 0.717) is 17.0 Å². The lowest BCUT2D eigenvalue weighted by Gasteiger charge is -2.12. The van der Waals surface area contributed by atoms with Gasteiger partial charge in [-0.15, -0.1) is 0 Å². The summed E-state index contributed by atoms with van der Waals surface area (Å²) in [7, 11) is 0. The molecule has 1 aromatic carbocycles. The zero-order chi connectivity index (χ0) is 21.0. The van der Waals surface area contributed by atoms with Crippen molar-refractivity contribution in [2.75, 3.05) is 0 Å². The van der Waals surface area contributed by atoms with E-state index in [-0.39, 0.29) is 25.1 Å². The molecule has 0 unspecified atom stereocenters. The van der Waals surface area contributed by atoms with Gasteiger partial charge >= 0.3 is 5.97 Å². The first-order valence-electron chi connectivity index (χ1n) is 9.37. The predicted octanol–water partition coefficient (Wildman–Crippen LogP) is 5.38. The fraction of sp³-hybridized carbons (Fsp3) is 0.261. The molecule has 0 bridgehead atoms. The Kier molecular flexibility index (Phi) is 6.22. The molecule has 1 aromatic heterocycles. The Morgan fingerprint density at radius 1 is 1.21 bits per heavy atom. The molecule has 0 fully saturated rings. The molecule has 1 aliphatic rings. The minimum Gasteiger partial charge on any atom is -0.481 e. The van der Waals surface area contributed by atoms with E-state index >= 15 is 0 Å². The van der Waals surface area contributed by atoms with Gasteiger partial charge in [0.05, 0.1) is 24.3 Å². The Balaban J connectivity index is 1.74. The highest BCUT2D eigenvalue weighted by atomic mass is 19.1. The number of carboxylic acid groups (broad SMARTS) is 1. The molecule has 0 atom stereocenters. The van der Waals surface area contributed by atoms with Gasteiger partial charge < -0.3 is 9.84 Å². The van der Waals surface area contributed by atoms with E-state index in [1.54, 1.807) is 18.3 Å². The first kappa shape index (κ1) is 20.5. The van der Waals surface area contributed by atoms with Gasteiger partial charge in [-0.1, -0.05) is 29.8 Å². The summed E-state index contributed by atoms with van der Waals surface area (Å²) in [5.41, 5.74) is 6.21. The number of halogens is 1. The molecular formula is C23H23FN2O3. The largest absolute Gasteiger partial charge is 0.481 e. The van der Waals surface area contributed by atoms with Crippen LogP contribution >= 0.6 is 0 Å². The van der Waals surface area contributed by atoms with Crippen LogP contribution in [0, 0.1) is 20.8 Å². The van der Waals surface area contributed by atoms with Gasteiger partial charge in [0.2, 0.25) is 5.88 Å². The molecule has 150 valence electrons. The van der Waals surface area contributed by atoms with Crippen LogP contribution in [0.2, 0.25) is 0 Å². The molecule has 5 nitrogen and oxygen atoms in total. The van der Waals surface area contributed by atoms with Gasteiger partial charge in [0.25, 0.3) is 0 Å². The van der Waals surface area contributed by atoms with Crippen molar-refractivity contribution in [2.45, 2.75) is 40.0 Å². The Bertz CT molecular complexity index is 1020. The van der Waals surface area contributed by atoms with Gasteiger partial charge in [-0.25, -0.2) is 9.37 Å². The highest BCUT2D eigenvalue weighted by Gasteiger charge is 2.14. The zero-order valence-corrected chi connectivity index (χ0v) is 16.7. The predicted molar refractivity (Wildman–Crippen MR) is 109 cm³/mol. The minimum absolute atomic E-state index is 0.0642. The number of aromatic nitrogens is 2. The van der Waals surface area contributed by atoms with Crippen molar-refractivity contribution in [3.05, 3.63) is 76.6 Å². The van der Waals surface area contributed by atoms with Crippen LogP contribution in [0.5, 0.6) is 5.88 Å². The maximum absolute atomic E-state index is 14.2. The molecular weight excluding hydrogens is 371 g/mol. The van der Waals surface area contributed by atoms with Crippen LogP contribution in [0.4, 0.5) is 4.39 Å². The van der Waals surface area contributed by atoms with E-state index in [1.165, 1.54) is 18.0 Å². The summed E-state index contributed by atoms with van der Waals surface area (Å²) in [4.78, 5) is 19.4. The third-order valence-corrected chi connectivity index (χ3v) is 4.69. The molecule has 0 amide bonds. The minimum atomic E-state index is -0.944. The molecule has 1 heterocycles. The topological polar surface area (TPSA) is 72.3 Å². The number of aliphatic carboxylic acids is 1. The number of carboxylic acids is 1. The van der Waals surface area contributed by atoms with Crippen LogP contribution < -0.4 is 4.74 Å². The number of hydrogen-bond donors (Lipinski definition) is 1. The summed E-state index contributed by atoms with van der Waals surface area (Å²) in [6, 6.07) is 4.20. The van der Waals surface area contributed by atoms with E-state index in [2.05, 4.69) is 29.0 Å². The number of carbonyl (C=O) groups is 1. The zero-order valence-electron chi connectivity index (χ0n) is 16.7. The van der Waals surface area contributed by atoms with Gasteiger partial charge in [0.15, 0.2) is 0 Å². The maximum atomic E-state index is 14.2.